The summed E-state index contributed by atoms with van der Waals surface area (Å²) in [4.78, 5) is 16.8. The molecule has 0 spiro atoms. The molecule has 0 aromatic carbocycles. The fraction of sp³-hybridized carbons (Fsp3) is 0.235. The molecule has 0 unspecified atom stereocenters. The van der Waals surface area contributed by atoms with Crippen molar-refractivity contribution < 1.29 is 22.7 Å². The standard InChI is InChI=1S/C14H10F3N3.C3H6O2/c1-9-8-11-12(2-3-13(19-11)14(15,16)17)20(9)10-4-6-18-7-5-10;1-2-5-3-4/h2-8H,1H3;3H,2H2,1H3. The summed E-state index contributed by atoms with van der Waals surface area (Å²) in [6.07, 6.45) is -1.16. The van der Waals surface area contributed by atoms with E-state index in [1.807, 2.05) is 11.5 Å². The minimum absolute atomic E-state index is 0.328. The molecule has 0 saturated carbocycles. The van der Waals surface area contributed by atoms with Crippen LogP contribution in [-0.4, -0.2) is 27.6 Å². The molecule has 132 valence electrons. The second-order valence-electron chi connectivity index (χ2n) is 4.98. The molecular formula is C17H16F3N3O2. The van der Waals surface area contributed by atoms with Crippen LogP contribution in [0.5, 0.6) is 0 Å². The highest BCUT2D eigenvalue weighted by molar-refractivity contribution is 5.79. The molecule has 0 radical (unpaired) electrons. The van der Waals surface area contributed by atoms with E-state index in [2.05, 4.69) is 14.7 Å². The van der Waals surface area contributed by atoms with Gasteiger partial charge in [-0.05, 0) is 44.2 Å². The van der Waals surface area contributed by atoms with Crippen molar-refractivity contribution in [1.82, 2.24) is 14.5 Å². The average Bonchev–Trinajstić information content (AvgIpc) is 2.91. The van der Waals surface area contributed by atoms with Crippen LogP contribution in [0.25, 0.3) is 16.7 Å². The van der Waals surface area contributed by atoms with Crippen LogP contribution >= 0.6 is 0 Å². The topological polar surface area (TPSA) is 57.0 Å². The highest BCUT2D eigenvalue weighted by atomic mass is 19.4. The minimum Gasteiger partial charge on any atom is -0.468 e. The number of ether oxygens (including phenoxy) is 1. The number of rotatable bonds is 3. The van der Waals surface area contributed by atoms with Crippen LogP contribution in [0.4, 0.5) is 13.2 Å². The first-order valence-corrected chi connectivity index (χ1v) is 7.40. The summed E-state index contributed by atoms with van der Waals surface area (Å²) in [6, 6.07) is 7.68. The van der Waals surface area contributed by atoms with Crippen LogP contribution in [0.3, 0.4) is 0 Å². The Morgan fingerprint density at radius 3 is 2.40 bits per heavy atom. The first-order valence-electron chi connectivity index (χ1n) is 7.40. The van der Waals surface area contributed by atoms with E-state index >= 15 is 0 Å². The maximum Gasteiger partial charge on any atom is 0.433 e. The Kier molecular flexibility index (Phi) is 5.74. The zero-order valence-corrected chi connectivity index (χ0v) is 13.6. The number of carbonyl (C=O) groups excluding carboxylic acids is 1. The van der Waals surface area contributed by atoms with E-state index in [0.717, 1.165) is 17.4 Å². The van der Waals surface area contributed by atoms with Gasteiger partial charge in [-0.1, -0.05) is 0 Å². The van der Waals surface area contributed by atoms with Crippen LogP contribution in [0, 0.1) is 6.92 Å². The van der Waals surface area contributed by atoms with Gasteiger partial charge in [0.15, 0.2) is 0 Å². The number of hydrogen-bond acceptors (Lipinski definition) is 4. The van der Waals surface area contributed by atoms with Crippen LogP contribution in [-0.2, 0) is 15.7 Å². The summed E-state index contributed by atoms with van der Waals surface area (Å²) >= 11 is 0. The lowest BCUT2D eigenvalue weighted by molar-refractivity contribution is -0.141. The smallest absolute Gasteiger partial charge is 0.433 e. The van der Waals surface area contributed by atoms with Crippen molar-refractivity contribution in [3.8, 4) is 5.69 Å². The monoisotopic (exact) mass is 351 g/mol. The number of hydrogen-bond donors (Lipinski definition) is 0. The number of alkyl halides is 3. The van der Waals surface area contributed by atoms with Crippen molar-refractivity contribution in [3.63, 3.8) is 0 Å². The summed E-state index contributed by atoms with van der Waals surface area (Å²) in [5.41, 5.74) is 1.75. The maximum atomic E-state index is 12.7. The Morgan fingerprint density at radius 2 is 1.88 bits per heavy atom. The van der Waals surface area contributed by atoms with E-state index in [4.69, 9.17) is 0 Å². The number of pyridine rings is 2. The zero-order chi connectivity index (χ0) is 18.4. The first-order chi connectivity index (χ1) is 11.9. The number of nitrogens with zero attached hydrogens (tertiary/aromatic N) is 3. The second kappa shape index (κ2) is 7.78. The summed E-state index contributed by atoms with van der Waals surface area (Å²) in [6.45, 7) is 4.49. The largest absolute Gasteiger partial charge is 0.468 e. The molecule has 0 aliphatic heterocycles. The van der Waals surface area contributed by atoms with E-state index in [9.17, 15) is 18.0 Å². The molecule has 0 amide bonds. The van der Waals surface area contributed by atoms with Crippen LogP contribution < -0.4 is 0 Å². The van der Waals surface area contributed by atoms with E-state index in [0.29, 0.717) is 24.1 Å². The number of carbonyl (C=O) groups is 1. The summed E-state index contributed by atoms with van der Waals surface area (Å²) in [5.74, 6) is 0. The van der Waals surface area contributed by atoms with Gasteiger partial charge in [0.1, 0.15) is 5.69 Å². The number of fused-ring (bicyclic) bond motifs is 1. The Balaban J connectivity index is 0.000000399. The molecule has 0 N–H and O–H groups in total. The van der Waals surface area contributed by atoms with Gasteiger partial charge in [0.05, 0.1) is 17.6 Å². The third-order valence-electron chi connectivity index (χ3n) is 3.29. The minimum atomic E-state index is -4.43. The second-order valence-corrected chi connectivity index (χ2v) is 4.98. The summed E-state index contributed by atoms with van der Waals surface area (Å²) in [7, 11) is 0. The predicted molar refractivity (Wildman–Crippen MR) is 86.3 cm³/mol. The molecular weight excluding hydrogens is 335 g/mol. The molecule has 3 heterocycles. The molecule has 3 aromatic rings. The van der Waals surface area contributed by atoms with E-state index in [1.54, 1.807) is 37.5 Å². The fourth-order valence-electron chi connectivity index (χ4n) is 2.28. The maximum absolute atomic E-state index is 12.7. The van der Waals surface area contributed by atoms with E-state index < -0.39 is 11.9 Å². The molecule has 0 aliphatic rings. The molecule has 5 nitrogen and oxygen atoms in total. The van der Waals surface area contributed by atoms with Crippen molar-refractivity contribution in [2.45, 2.75) is 20.0 Å². The van der Waals surface area contributed by atoms with Crippen LogP contribution in [0.1, 0.15) is 18.3 Å². The molecule has 25 heavy (non-hydrogen) atoms. The lowest BCUT2D eigenvalue weighted by Gasteiger charge is -2.08. The molecule has 0 aliphatic carbocycles. The normalized spacial score (nSPS) is 10.9. The molecule has 3 aromatic heterocycles. The number of halogens is 3. The van der Waals surface area contributed by atoms with Gasteiger partial charge < -0.3 is 9.30 Å². The highest BCUT2D eigenvalue weighted by Crippen LogP contribution is 2.30. The van der Waals surface area contributed by atoms with Crippen molar-refractivity contribution in [2.75, 3.05) is 6.61 Å². The van der Waals surface area contributed by atoms with Crippen LogP contribution in [0.2, 0.25) is 0 Å². The molecule has 0 fully saturated rings. The molecule has 8 heteroatoms. The Morgan fingerprint density at radius 1 is 1.20 bits per heavy atom. The Hall–Kier alpha value is -2.90. The average molecular weight is 351 g/mol. The number of aryl methyl sites for hydroxylation is 1. The quantitative estimate of drug-likeness (QED) is 0.671. The zero-order valence-electron chi connectivity index (χ0n) is 13.6. The fourth-order valence-corrected chi connectivity index (χ4v) is 2.28. The first kappa shape index (κ1) is 18.4. The third kappa shape index (κ3) is 4.34. The van der Waals surface area contributed by atoms with Gasteiger partial charge in [-0.25, -0.2) is 4.98 Å². The lowest BCUT2D eigenvalue weighted by Crippen LogP contribution is -2.07. The van der Waals surface area contributed by atoms with Crippen LogP contribution in [0.15, 0.2) is 42.7 Å². The van der Waals surface area contributed by atoms with Gasteiger partial charge in [0, 0.05) is 23.8 Å². The van der Waals surface area contributed by atoms with Gasteiger partial charge in [-0.2, -0.15) is 13.2 Å². The summed E-state index contributed by atoms with van der Waals surface area (Å²) in [5, 5.41) is 0. The third-order valence-corrected chi connectivity index (χ3v) is 3.29. The van der Waals surface area contributed by atoms with Gasteiger partial charge in [0.2, 0.25) is 0 Å². The van der Waals surface area contributed by atoms with Gasteiger partial charge >= 0.3 is 6.18 Å². The molecule has 0 atom stereocenters. The lowest BCUT2D eigenvalue weighted by atomic mass is 10.3. The van der Waals surface area contributed by atoms with E-state index in [-0.39, 0.29) is 0 Å². The Bertz CT molecular complexity index is 845. The molecule has 0 saturated heterocycles. The van der Waals surface area contributed by atoms with Crippen molar-refractivity contribution in [1.29, 1.82) is 0 Å². The Labute approximate surface area is 142 Å². The summed E-state index contributed by atoms with van der Waals surface area (Å²) < 4.78 is 44.0. The van der Waals surface area contributed by atoms with Gasteiger partial charge in [0.25, 0.3) is 6.47 Å². The molecule has 0 bridgehead atoms. The predicted octanol–water partition coefficient (Wildman–Crippen LogP) is 3.93. The van der Waals surface area contributed by atoms with E-state index in [1.165, 1.54) is 6.07 Å². The van der Waals surface area contributed by atoms with Crippen molar-refractivity contribution in [2.24, 2.45) is 0 Å². The molecule has 3 rings (SSSR count). The van der Waals surface area contributed by atoms with Gasteiger partial charge in [-0.15, -0.1) is 0 Å². The van der Waals surface area contributed by atoms with Crippen molar-refractivity contribution in [3.05, 3.63) is 54.1 Å². The van der Waals surface area contributed by atoms with Gasteiger partial charge in [-0.3, -0.25) is 9.78 Å². The number of aromatic nitrogens is 3. The van der Waals surface area contributed by atoms with Crippen molar-refractivity contribution >= 4 is 17.5 Å². The SMILES string of the molecule is CCOC=O.Cc1cc2nc(C(F)(F)F)ccc2n1-c1ccncc1. The highest BCUT2D eigenvalue weighted by Gasteiger charge is 2.32.